The van der Waals surface area contributed by atoms with Crippen LogP contribution in [0.25, 0.3) is 0 Å². The summed E-state index contributed by atoms with van der Waals surface area (Å²) in [5.41, 5.74) is 8.10. The van der Waals surface area contributed by atoms with Gasteiger partial charge in [-0.3, -0.25) is 4.55 Å². The van der Waals surface area contributed by atoms with E-state index in [9.17, 15) is 8.42 Å². The predicted molar refractivity (Wildman–Crippen MR) is 107 cm³/mol. The molecule has 1 atom stereocenters. The molecule has 3 N–H and O–H groups in total. The Morgan fingerprint density at radius 1 is 1.19 bits per heavy atom. The van der Waals surface area contributed by atoms with E-state index in [4.69, 9.17) is 19.8 Å². The van der Waals surface area contributed by atoms with Crippen LogP contribution in [0.2, 0.25) is 0 Å². The Kier molecular flexibility index (Phi) is 7.55. The van der Waals surface area contributed by atoms with Crippen LogP contribution in [0.3, 0.4) is 0 Å². The Morgan fingerprint density at radius 2 is 1.73 bits per heavy atom. The fourth-order valence-corrected chi connectivity index (χ4v) is 2.99. The SMILES string of the molecule is COc1ccc(C2C=C(C(C)(C)C)N=C(N)S2)cc1OC.CS(=O)(=O)O. The second kappa shape index (κ2) is 8.79. The van der Waals surface area contributed by atoms with E-state index in [0.717, 1.165) is 22.8 Å². The lowest BCUT2D eigenvalue weighted by molar-refractivity contribution is 0.354. The standard InChI is InChI=1S/C16H22N2O2S.CH4O3S/c1-16(2,3)14-9-13(21-15(17)18-14)10-6-7-11(19-4)12(8-10)20-5;1-5(2,3)4/h6-9,13H,1-5H3,(H2,17,18);1H3,(H,2,3,4). The number of allylic oxidation sites excluding steroid dienone is 1. The zero-order valence-corrected chi connectivity index (χ0v) is 17.4. The number of ether oxygens (including phenoxy) is 2. The third kappa shape index (κ3) is 7.27. The molecule has 0 saturated heterocycles. The number of aliphatic imine (C=N–C) groups is 1. The van der Waals surface area contributed by atoms with Crippen molar-refractivity contribution in [2.24, 2.45) is 16.1 Å². The van der Waals surface area contributed by atoms with Gasteiger partial charge in [0, 0.05) is 11.1 Å². The first-order valence-corrected chi connectivity index (χ1v) is 10.5. The smallest absolute Gasteiger partial charge is 0.261 e. The second-order valence-corrected chi connectivity index (χ2v) is 9.27. The van der Waals surface area contributed by atoms with Crippen LogP contribution in [0.5, 0.6) is 11.5 Å². The first kappa shape index (κ1) is 22.3. The van der Waals surface area contributed by atoms with Crippen molar-refractivity contribution in [3.63, 3.8) is 0 Å². The van der Waals surface area contributed by atoms with Crippen LogP contribution in [-0.2, 0) is 10.1 Å². The van der Waals surface area contributed by atoms with Gasteiger partial charge in [-0.1, -0.05) is 38.6 Å². The highest BCUT2D eigenvalue weighted by Crippen LogP contribution is 2.42. The lowest BCUT2D eigenvalue weighted by atomic mass is 9.91. The van der Waals surface area contributed by atoms with E-state index in [2.05, 4.69) is 31.8 Å². The number of hydrogen-bond acceptors (Lipinski definition) is 7. The molecule has 1 aromatic rings. The van der Waals surface area contributed by atoms with Crippen molar-refractivity contribution >= 4 is 27.0 Å². The van der Waals surface area contributed by atoms with Crippen molar-refractivity contribution in [3.05, 3.63) is 35.5 Å². The van der Waals surface area contributed by atoms with Gasteiger partial charge in [-0.15, -0.1) is 0 Å². The molecule has 0 saturated carbocycles. The van der Waals surface area contributed by atoms with Crippen LogP contribution in [-0.4, -0.2) is 38.6 Å². The molecule has 0 bridgehead atoms. The fraction of sp³-hybridized carbons (Fsp3) is 0.471. The molecule has 0 amide bonds. The molecule has 146 valence electrons. The first-order chi connectivity index (χ1) is 11.8. The highest BCUT2D eigenvalue weighted by atomic mass is 32.2. The number of benzene rings is 1. The van der Waals surface area contributed by atoms with Crippen LogP contribution in [0.4, 0.5) is 0 Å². The molecule has 1 aliphatic heterocycles. The molecule has 7 nitrogen and oxygen atoms in total. The summed E-state index contributed by atoms with van der Waals surface area (Å²) in [7, 11) is -0.392. The molecule has 1 aromatic carbocycles. The lowest BCUT2D eigenvalue weighted by Crippen LogP contribution is -2.19. The minimum absolute atomic E-state index is 0.0274. The maximum Gasteiger partial charge on any atom is 0.261 e. The minimum Gasteiger partial charge on any atom is -0.493 e. The maximum atomic E-state index is 9.19. The third-order valence-electron chi connectivity index (χ3n) is 3.29. The van der Waals surface area contributed by atoms with Gasteiger partial charge in [-0.25, -0.2) is 4.99 Å². The Labute approximate surface area is 159 Å². The Balaban J connectivity index is 0.000000597. The molecule has 1 heterocycles. The molecule has 0 fully saturated rings. The summed E-state index contributed by atoms with van der Waals surface area (Å²) in [6.45, 7) is 6.41. The van der Waals surface area contributed by atoms with E-state index >= 15 is 0 Å². The molecule has 1 unspecified atom stereocenters. The fourth-order valence-electron chi connectivity index (χ4n) is 2.10. The van der Waals surface area contributed by atoms with Gasteiger partial charge < -0.3 is 15.2 Å². The van der Waals surface area contributed by atoms with Gasteiger partial charge >= 0.3 is 0 Å². The first-order valence-electron chi connectivity index (χ1n) is 7.72. The maximum absolute atomic E-state index is 9.19. The summed E-state index contributed by atoms with van der Waals surface area (Å²) >= 11 is 1.55. The van der Waals surface area contributed by atoms with Crippen LogP contribution in [0.1, 0.15) is 31.6 Å². The molecule has 9 heteroatoms. The zero-order chi connectivity index (χ0) is 20.1. The summed E-state index contributed by atoms with van der Waals surface area (Å²) in [6, 6.07) is 5.95. The number of thioether (sulfide) groups is 1. The summed E-state index contributed by atoms with van der Waals surface area (Å²) in [6.07, 6.45) is 2.88. The van der Waals surface area contributed by atoms with Crippen LogP contribution in [0, 0.1) is 5.41 Å². The van der Waals surface area contributed by atoms with Crippen LogP contribution >= 0.6 is 11.8 Å². The van der Waals surface area contributed by atoms with Gasteiger partial charge in [-0.2, -0.15) is 8.42 Å². The van der Waals surface area contributed by atoms with Crippen LogP contribution in [0.15, 0.2) is 35.0 Å². The van der Waals surface area contributed by atoms with E-state index in [1.54, 1.807) is 26.0 Å². The van der Waals surface area contributed by atoms with Crippen molar-refractivity contribution in [1.82, 2.24) is 0 Å². The molecular weight excluding hydrogens is 376 g/mol. The summed E-state index contributed by atoms with van der Waals surface area (Å²) in [5.74, 6) is 1.45. The van der Waals surface area contributed by atoms with Crippen molar-refractivity contribution in [2.45, 2.75) is 26.0 Å². The van der Waals surface area contributed by atoms with E-state index in [0.29, 0.717) is 11.4 Å². The average Bonchev–Trinajstić information content (AvgIpc) is 2.51. The number of nitrogens with two attached hydrogens (primary N) is 1. The molecule has 1 aliphatic rings. The lowest BCUT2D eigenvalue weighted by Gasteiger charge is -2.26. The van der Waals surface area contributed by atoms with E-state index in [-0.39, 0.29) is 10.7 Å². The molecule has 0 aromatic heterocycles. The van der Waals surface area contributed by atoms with E-state index in [1.165, 1.54) is 0 Å². The zero-order valence-electron chi connectivity index (χ0n) is 15.8. The van der Waals surface area contributed by atoms with Gasteiger partial charge in [0.15, 0.2) is 16.7 Å². The highest BCUT2D eigenvalue weighted by Gasteiger charge is 2.25. The summed E-state index contributed by atoms with van der Waals surface area (Å²) in [5, 5.41) is 0.735. The molecule has 2 rings (SSSR count). The van der Waals surface area contributed by atoms with Gasteiger partial charge in [0.05, 0.1) is 25.7 Å². The van der Waals surface area contributed by atoms with E-state index < -0.39 is 10.1 Å². The van der Waals surface area contributed by atoms with Gasteiger partial charge in [0.2, 0.25) is 0 Å². The van der Waals surface area contributed by atoms with Crippen molar-refractivity contribution < 1.29 is 22.4 Å². The third-order valence-corrected chi connectivity index (χ3v) is 4.29. The minimum atomic E-state index is -3.67. The van der Waals surface area contributed by atoms with Gasteiger partial charge in [0.25, 0.3) is 10.1 Å². The highest BCUT2D eigenvalue weighted by molar-refractivity contribution is 8.14. The van der Waals surface area contributed by atoms with Crippen molar-refractivity contribution in [1.29, 1.82) is 0 Å². The van der Waals surface area contributed by atoms with Crippen LogP contribution < -0.4 is 15.2 Å². The molecule has 26 heavy (non-hydrogen) atoms. The Bertz CT molecular complexity index is 788. The monoisotopic (exact) mass is 402 g/mol. The number of hydrogen-bond donors (Lipinski definition) is 2. The predicted octanol–water partition coefficient (Wildman–Crippen LogP) is 3.24. The second-order valence-electron chi connectivity index (χ2n) is 6.64. The van der Waals surface area contributed by atoms with Crippen molar-refractivity contribution in [2.75, 3.05) is 20.5 Å². The number of rotatable bonds is 3. The average molecular weight is 403 g/mol. The summed E-state index contributed by atoms with van der Waals surface area (Å²) in [4.78, 5) is 4.47. The van der Waals surface area contributed by atoms with Gasteiger partial charge in [0.1, 0.15) is 0 Å². The Morgan fingerprint density at radius 3 is 2.19 bits per heavy atom. The number of nitrogens with zero attached hydrogens (tertiary/aromatic N) is 1. The number of methoxy groups -OCH3 is 2. The van der Waals surface area contributed by atoms with E-state index in [1.807, 2.05) is 18.2 Å². The molecule has 0 spiro atoms. The Hall–Kier alpha value is -1.71. The number of amidine groups is 1. The quantitative estimate of drug-likeness (QED) is 0.747. The summed E-state index contributed by atoms with van der Waals surface area (Å²) < 4.78 is 36.5. The topological polar surface area (TPSA) is 111 Å². The largest absolute Gasteiger partial charge is 0.493 e. The van der Waals surface area contributed by atoms with Gasteiger partial charge in [-0.05, 0) is 23.8 Å². The van der Waals surface area contributed by atoms with Crippen molar-refractivity contribution in [3.8, 4) is 11.5 Å². The molecule has 0 radical (unpaired) electrons. The molecule has 0 aliphatic carbocycles. The molecular formula is C17H26N2O5S2. The normalized spacial score (nSPS) is 17.4.